The Hall–Kier alpha value is -1.81. The van der Waals surface area contributed by atoms with Crippen molar-refractivity contribution in [3.8, 4) is 0 Å². The minimum atomic E-state index is -0.253. The molecule has 4 heteroatoms. The molecule has 0 aliphatic heterocycles. The molecule has 2 nitrogen and oxygen atoms in total. The van der Waals surface area contributed by atoms with Crippen molar-refractivity contribution in [3.63, 3.8) is 0 Å². The lowest BCUT2D eigenvalue weighted by Crippen LogP contribution is -2.26. The Balaban J connectivity index is 1.88. The van der Waals surface area contributed by atoms with Crippen LogP contribution in [0.1, 0.15) is 15.9 Å². The van der Waals surface area contributed by atoms with E-state index < -0.39 is 0 Å². The number of nitrogens with one attached hydrogen (secondary N) is 1. The Morgan fingerprint density at radius 3 is 2.47 bits per heavy atom. The number of thiol groups is 1. The van der Waals surface area contributed by atoms with E-state index in [1.807, 2.05) is 6.07 Å². The van der Waals surface area contributed by atoms with Gasteiger partial charge in [0.2, 0.25) is 0 Å². The number of amides is 1. The average Bonchev–Trinajstić information content (AvgIpc) is 2.41. The molecule has 0 aliphatic carbocycles. The van der Waals surface area contributed by atoms with Gasteiger partial charge < -0.3 is 5.32 Å². The van der Waals surface area contributed by atoms with Crippen LogP contribution in [-0.4, -0.2) is 12.5 Å². The van der Waals surface area contributed by atoms with Crippen LogP contribution in [0.5, 0.6) is 0 Å². The third kappa shape index (κ3) is 3.83. The highest BCUT2D eigenvalue weighted by molar-refractivity contribution is 7.80. The number of carbonyl (C=O) groups excluding carboxylic acids is 1. The summed E-state index contributed by atoms with van der Waals surface area (Å²) in [5.41, 5.74) is 1.55. The van der Waals surface area contributed by atoms with Gasteiger partial charge in [0.15, 0.2) is 0 Å². The van der Waals surface area contributed by atoms with Gasteiger partial charge in [0.05, 0.1) is 5.56 Å². The van der Waals surface area contributed by atoms with Crippen LogP contribution in [0.2, 0.25) is 0 Å². The van der Waals surface area contributed by atoms with Crippen LogP contribution in [0.25, 0.3) is 0 Å². The van der Waals surface area contributed by atoms with Crippen LogP contribution < -0.4 is 5.32 Å². The first-order chi connectivity index (χ1) is 9.16. The lowest BCUT2D eigenvalue weighted by atomic mass is 10.1. The van der Waals surface area contributed by atoms with E-state index in [0.29, 0.717) is 23.4 Å². The molecular formula is C15H14FNOS. The van der Waals surface area contributed by atoms with E-state index in [4.69, 9.17) is 0 Å². The lowest BCUT2D eigenvalue weighted by Gasteiger charge is -2.07. The fourth-order valence-electron chi connectivity index (χ4n) is 1.73. The van der Waals surface area contributed by atoms with Crippen LogP contribution in [0.4, 0.5) is 4.39 Å². The predicted octanol–water partition coefficient (Wildman–Crippen LogP) is 3.09. The summed E-state index contributed by atoms with van der Waals surface area (Å²) < 4.78 is 12.7. The summed E-state index contributed by atoms with van der Waals surface area (Å²) in [6, 6.07) is 13.4. The fourth-order valence-corrected chi connectivity index (χ4v) is 1.99. The molecule has 0 unspecified atom stereocenters. The van der Waals surface area contributed by atoms with Gasteiger partial charge in [-0.3, -0.25) is 4.79 Å². The summed E-state index contributed by atoms with van der Waals surface area (Å²) in [5.74, 6) is -0.399. The molecule has 0 heterocycles. The summed E-state index contributed by atoms with van der Waals surface area (Å²) in [5, 5.41) is 2.82. The Labute approximate surface area is 117 Å². The third-order valence-electron chi connectivity index (χ3n) is 2.76. The SMILES string of the molecule is O=C(NCCc1ccc(F)cc1)c1ccccc1S. The highest BCUT2D eigenvalue weighted by Gasteiger charge is 2.07. The minimum Gasteiger partial charge on any atom is -0.352 e. The van der Waals surface area contributed by atoms with E-state index >= 15 is 0 Å². The monoisotopic (exact) mass is 275 g/mol. The van der Waals surface area contributed by atoms with Crippen molar-refractivity contribution in [1.29, 1.82) is 0 Å². The normalized spacial score (nSPS) is 10.2. The van der Waals surface area contributed by atoms with E-state index in [1.165, 1.54) is 12.1 Å². The zero-order chi connectivity index (χ0) is 13.7. The Morgan fingerprint density at radius 2 is 1.79 bits per heavy atom. The molecule has 2 aromatic carbocycles. The molecule has 2 aromatic rings. The fraction of sp³-hybridized carbons (Fsp3) is 0.133. The zero-order valence-electron chi connectivity index (χ0n) is 10.3. The second kappa shape index (κ2) is 6.38. The smallest absolute Gasteiger partial charge is 0.252 e. The molecule has 0 saturated heterocycles. The molecule has 0 fully saturated rings. The van der Waals surface area contributed by atoms with Crippen molar-refractivity contribution in [3.05, 3.63) is 65.5 Å². The number of carbonyl (C=O) groups is 1. The molecule has 0 atom stereocenters. The van der Waals surface area contributed by atoms with E-state index in [-0.39, 0.29) is 11.7 Å². The van der Waals surface area contributed by atoms with Crippen molar-refractivity contribution < 1.29 is 9.18 Å². The van der Waals surface area contributed by atoms with E-state index in [0.717, 1.165) is 5.56 Å². The van der Waals surface area contributed by atoms with Crippen LogP contribution in [-0.2, 0) is 6.42 Å². The van der Waals surface area contributed by atoms with Crippen molar-refractivity contribution in [2.24, 2.45) is 0 Å². The second-order valence-electron chi connectivity index (χ2n) is 4.15. The van der Waals surface area contributed by atoms with Gasteiger partial charge in [0, 0.05) is 11.4 Å². The molecule has 0 saturated carbocycles. The van der Waals surface area contributed by atoms with Gasteiger partial charge in [-0.1, -0.05) is 24.3 Å². The van der Waals surface area contributed by atoms with Gasteiger partial charge in [-0.15, -0.1) is 12.6 Å². The van der Waals surface area contributed by atoms with Crippen LogP contribution in [0, 0.1) is 5.82 Å². The van der Waals surface area contributed by atoms with Crippen LogP contribution >= 0.6 is 12.6 Å². The van der Waals surface area contributed by atoms with Gasteiger partial charge in [-0.2, -0.15) is 0 Å². The summed E-state index contributed by atoms with van der Waals surface area (Å²) in [4.78, 5) is 12.5. The molecule has 0 bridgehead atoms. The minimum absolute atomic E-state index is 0.146. The Bertz CT molecular complexity index is 569. The van der Waals surface area contributed by atoms with Gasteiger partial charge in [0.1, 0.15) is 5.82 Å². The van der Waals surface area contributed by atoms with E-state index in [1.54, 1.807) is 30.3 Å². The van der Waals surface area contributed by atoms with Gasteiger partial charge in [-0.25, -0.2) is 4.39 Å². The topological polar surface area (TPSA) is 29.1 Å². The number of hydrogen-bond acceptors (Lipinski definition) is 2. The molecule has 1 amide bonds. The summed E-state index contributed by atoms with van der Waals surface area (Å²) in [7, 11) is 0. The Kier molecular flexibility index (Phi) is 4.58. The second-order valence-corrected chi connectivity index (χ2v) is 4.63. The highest BCUT2D eigenvalue weighted by Crippen LogP contribution is 2.12. The first kappa shape index (κ1) is 13.6. The quantitative estimate of drug-likeness (QED) is 0.825. The average molecular weight is 275 g/mol. The van der Waals surface area contributed by atoms with Crippen molar-refractivity contribution in [1.82, 2.24) is 5.32 Å². The maximum atomic E-state index is 12.7. The largest absolute Gasteiger partial charge is 0.352 e. The van der Waals surface area contributed by atoms with Crippen LogP contribution in [0.3, 0.4) is 0 Å². The molecule has 0 aliphatic rings. The number of rotatable bonds is 4. The third-order valence-corrected chi connectivity index (χ3v) is 3.15. The van der Waals surface area contributed by atoms with Gasteiger partial charge >= 0.3 is 0 Å². The molecule has 0 spiro atoms. The van der Waals surface area contributed by atoms with Crippen LogP contribution in [0.15, 0.2) is 53.4 Å². The summed E-state index contributed by atoms with van der Waals surface area (Å²) in [6.07, 6.45) is 0.667. The number of halogens is 1. The maximum absolute atomic E-state index is 12.7. The molecular weight excluding hydrogens is 261 g/mol. The van der Waals surface area contributed by atoms with Gasteiger partial charge in [-0.05, 0) is 36.2 Å². The molecule has 1 N–H and O–H groups in total. The standard InChI is InChI=1S/C15H14FNOS/c16-12-7-5-11(6-8-12)9-10-17-15(18)13-3-1-2-4-14(13)19/h1-8,19H,9-10H2,(H,17,18). The van der Waals surface area contributed by atoms with Crippen molar-refractivity contribution in [2.45, 2.75) is 11.3 Å². The maximum Gasteiger partial charge on any atom is 0.252 e. The van der Waals surface area contributed by atoms with Crippen molar-refractivity contribution in [2.75, 3.05) is 6.54 Å². The van der Waals surface area contributed by atoms with E-state index in [9.17, 15) is 9.18 Å². The molecule has 0 radical (unpaired) electrons. The summed E-state index contributed by atoms with van der Waals surface area (Å²) >= 11 is 4.24. The summed E-state index contributed by atoms with van der Waals surface area (Å²) in [6.45, 7) is 0.507. The highest BCUT2D eigenvalue weighted by atomic mass is 32.1. The number of hydrogen-bond donors (Lipinski definition) is 2. The first-order valence-corrected chi connectivity index (χ1v) is 6.42. The number of benzene rings is 2. The first-order valence-electron chi connectivity index (χ1n) is 5.97. The molecule has 98 valence electrons. The Morgan fingerprint density at radius 1 is 1.11 bits per heavy atom. The molecule has 2 rings (SSSR count). The lowest BCUT2D eigenvalue weighted by molar-refractivity contribution is 0.0951. The zero-order valence-corrected chi connectivity index (χ0v) is 11.2. The van der Waals surface area contributed by atoms with Crippen molar-refractivity contribution >= 4 is 18.5 Å². The molecule has 0 aromatic heterocycles. The van der Waals surface area contributed by atoms with E-state index in [2.05, 4.69) is 17.9 Å². The predicted molar refractivity (Wildman–Crippen MR) is 76.1 cm³/mol. The molecule has 19 heavy (non-hydrogen) atoms. The van der Waals surface area contributed by atoms with Gasteiger partial charge in [0.25, 0.3) is 5.91 Å².